The van der Waals surface area contributed by atoms with Gasteiger partial charge in [0.1, 0.15) is 11.8 Å². The first-order valence-electron chi connectivity index (χ1n) is 8.58. The van der Waals surface area contributed by atoms with Gasteiger partial charge in [0, 0.05) is 25.1 Å². The number of H-pyrrole nitrogens is 1. The molecule has 0 aromatic carbocycles. The molecule has 1 aliphatic heterocycles. The number of rotatable bonds is 5. The van der Waals surface area contributed by atoms with E-state index in [4.69, 9.17) is 0 Å². The van der Waals surface area contributed by atoms with E-state index < -0.39 is 0 Å². The third-order valence-electron chi connectivity index (χ3n) is 4.71. The zero-order valence-electron chi connectivity index (χ0n) is 13.7. The predicted molar refractivity (Wildman–Crippen MR) is 94.8 cm³/mol. The van der Waals surface area contributed by atoms with Crippen molar-refractivity contribution in [2.75, 3.05) is 25.0 Å². The van der Waals surface area contributed by atoms with E-state index >= 15 is 0 Å². The van der Waals surface area contributed by atoms with Gasteiger partial charge in [0.15, 0.2) is 5.82 Å². The first-order chi connectivity index (χ1) is 11.9. The highest BCUT2D eigenvalue weighted by Crippen LogP contribution is 2.25. The summed E-state index contributed by atoms with van der Waals surface area (Å²) in [5.41, 5.74) is 3.15. The molecule has 3 aromatic rings. The minimum absolute atomic E-state index is 0.305. The molecule has 1 fully saturated rings. The summed E-state index contributed by atoms with van der Waals surface area (Å²) in [6.07, 6.45) is 11.2. The van der Waals surface area contributed by atoms with Gasteiger partial charge < -0.3 is 10.3 Å². The van der Waals surface area contributed by atoms with Gasteiger partial charge in [-0.25, -0.2) is 9.97 Å². The third kappa shape index (κ3) is 3.10. The predicted octanol–water partition coefficient (Wildman–Crippen LogP) is 2.99. The summed E-state index contributed by atoms with van der Waals surface area (Å²) in [5, 5.41) is 3.52. The number of pyridine rings is 1. The molecule has 24 heavy (non-hydrogen) atoms. The highest BCUT2D eigenvalue weighted by molar-refractivity contribution is 5.85. The number of nitrogens with zero attached hydrogens (tertiary/aromatic N) is 4. The van der Waals surface area contributed by atoms with E-state index in [0.717, 1.165) is 36.5 Å². The van der Waals surface area contributed by atoms with Gasteiger partial charge in [-0.3, -0.25) is 9.88 Å². The standard InChI is InChI=1S/C18H22N6/c1-2-9-24(10-3-1)16(14-5-4-7-19-11-14)12-21-18-17-15(6-8-20-17)22-13-23-18/h4-8,11,13,16,20H,1-3,9-10,12H2,(H,21,22,23). The molecule has 1 unspecified atom stereocenters. The minimum Gasteiger partial charge on any atom is -0.366 e. The van der Waals surface area contributed by atoms with Crippen LogP contribution in [0.3, 0.4) is 0 Å². The van der Waals surface area contributed by atoms with E-state index in [-0.39, 0.29) is 0 Å². The number of piperidine rings is 1. The van der Waals surface area contributed by atoms with Crippen molar-refractivity contribution in [1.82, 2.24) is 24.8 Å². The van der Waals surface area contributed by atoms with Gasteiger partial charge in [0.05, 0.1) is 11.6 Å². The van der Waals surface area contributed by atoms with Gasteiger partial charge >= 0.3 is 0 Å². The average Bonchev–Trinajstić information content (AvgIpc) is 3.13. The third-order valence-corrected chi connectivity index (χ3v) is 4.71. The van der Waals surface area contributed by atoms with Crippen LogP contribution in [0.5, 0.6) is 0 Å². The number of hydrogen-bond acceptors (Lipinski definition) is 5. The molecule has 6 nitrogen and oxygen atoms in total. The summed E-state index contributed by atoms with van der Waals surface area (Å²) in [6.45, 7) is 3.09. The Kier molecular flexibility index (Phi) is 4.38. The van der Waals surface area contributed by atoms with E-state index in [9.17, 15) is 0 Å². The molecular formula is C18H22N6. The van der Waals surface area contributed by atoms with Crippen LogP contribution in [0.1, 0.15) is 30.9 Å². The van der Waals surface area contributed by atoms with Crippen molar-refractivity contribution in [1.29, 1.82) is 0 Å². The fraction of sp³-hybridized carbons (Fsp3) is 0.389. The van der Waals surface area contributed by atoms with Crippen LogP contribution in [0.4, 0.5) is 5.82 Å². The van der Waals surface area contributed by atoms with E-state index in [0.29, 0.717) is 6.04 Å². The second-order valence-corrected chi connectivity index (χ2v) is 6.24. The van der Waals surface area contributed by atoms with E-state index in [1.807, 2.05) is 30.7 Å². The quantitative estimate of drug-likeness (QED) is 0.756. The molecule has 2 N–H and O–H groups in total. The fourth-order valence-electron chi connectivity index (χ4n) is 3.46. The molecule has 4 rings (SSSR count). The van der Waals surface area contributed by atoms with Gasteiger partial charge in [-0.1, -0.05) is 12.5 Å². The highest BCUT2D eigenvalue weighted by atomic mass is 15.2. The second-order valence-electron chi connectivity index (χ2n) is 6.24. The largest absolute Gasteiger partial charge is 0.366 e. The van der Waals surface area contributed by atoms with Gasteiger partial charge in [0.2, 0.25) is 0 Å². The summed E-state index contributed by atoms with van der Waals surface area (Å²) in [5.74, 6) is 0.857. The molecule has 0 saturated carbocycles. The molecule has 4 heterocycles. The number of aromatic amines is 1. The molecule has 1 atom stereocenters. The number of aromatic nitrogens is 4. The van der Waals surface area contributed by atoms with Crippen molar-refractivity contribution in [2.45, 2.75) is 25.3 Å². The Morgan fingerprint density at radius 3 is 2.92 bits per heavy atom. The lowest BCUT2D eigenvalue weighted by Crippen LogP contribution is -2.37. The molecule has 124 valence electrons. The number of anilines is 1. The first kappa shape index (κ1) is 15.1. The summed E-state index contributed by atoms with van der Waals surface area (Å²) in [6, 6.07) is 6.45. The van der Waals surface area contributed by atoms with Crippen molar-refractivity contribution >= 4 is 16.9 Å². The number of fused-ring (bicyclic) bond motifs is 1. The Hall–Kier alpha value is -2.47. The van der Waals surface area contributed by atoms with Crippen molar-refractivity contribution in [3.63, 3.8) is 0 Å². The highest BCUT2D eigenvalue weighted by Gasteiger charge is 2.22. The maximum Gasteiger partial charge on any atom is 0.153 e. The van der Waals surface area contributed by atoms with Crippen LogP contribution in [0.2, 0.25) is 0 Å². The van der Waals surface area contributed by atoms with Crippen molar-refractivity contribution in [3.05, 3.63) is 48.7 Å². The molecule has 0 aliphatic carbocycles. The van der Waals surface area contributed by atoms with Gasteiger partial charge in [-0.05, 0) is 43.6 Å². The molecule has 0 bridgehead atoms. The summed E-state index contributed by atoms with van der Waals surface area (Å²) in [7, 11) is 0. The Bertz CT molecular complexity index is 778. The Balaban J connectivity index is 1.56. The van der Waals surface area contributed by atoms with Gasteiger partial charge in [0.25, 0.3) is 0 Å². The van der Waals surface area contributed by atoms with Crippen LogP contribution >= 0.6 is 0 Å². The topological polar surface area (TPSA) is 69.7 Å². The maximum atomic E-state index is 4.40. The van der Waals surface area contributed by atoms with Crippen molar-refractivity contribution in [2.24, 2.45) is 0 Å². The lowest BCUT2D eigenvalue weighted by atomic mass is 10.0. The minimum atomic E-state index is 0.305. The smallest absolute Gasteiger partial charge is 0.153 e. The molecule has 1 saturated heterocycles. The lowest BCUT2D eigenvalue weighted by Gasteiger charge is -2.35. The van der Waals surface area contributed by atoms with Crippen LogP contribution < -0.4 is 5.32 Å². The second kappa shape index (κ2) is 6.97. The number of hydrogen-bond donors (Lipinski definition) is 2. The summed E-state index contributed by atoms with van der Waals surface area (Å²) in [4.78, 5) is 18.8. The van der Waals surface area contributed by atoms with E-state index in [2.05, 4.69) is 36.2 Å². The Labute approximate surface area is 141 Å². The maximum absolute atomic E-state index is 4.40. The van der Waals surface area contributed by atoms with Crippen LogP contribution in [-0.2, 0) is 0 Å². The molecule has 6 heteroatoms. The van der Waals surface area contributed by atoms with Crippen LogP contribution in [-0.4, -0.2) is 44.5 Å². The molecule has 0 amide bonds. The average molecular weight is 322 g/mol. The molecule has 3 aromatic heterocycles. The van der Waals surface area contributed by atoms with Gasteiger partial charge in [-0.15, -0.1) is 0 Å². The Morgan fingerprint density at radius 1 is 1.17 bits per heavy atom. The Morgan fingerprint density at radius 2 is 2.08 bits per heavy atom. The normalized spacial score (nSPS) is 17.0. The van der Waals surface area contributed by atoms with Crippen molar-refractivity contribution < 1.29 is 0 Å². The van der Waals surface area contributed by atoms with Crippen LogP contribution in [0, 0.1) is 0 Å². The van der Waals surface area contributed by atoms with E-state index in [1.165, 1.54) is 24.8 Å². The van der Waals surface area contributed by atoms with Crippen LogP contribution in [0.25, 0.3) is 11.0 Å². The molecular weight excluding hydrogens is 300 g/mol. The van der Waals surface area contributed by atoms with Crippen molar-refractivity contribution in [3.8, 4) is 0 Å². The fourth-order valence-corrected chi connectivity index (χ4v) is 3.46. The zero-order chi connectivity index (χ0) is 16.2. The van der Waals surface area contributed by atoms with Crippen LogP contribution in [0.15, 0.2) is 43.1 Å². The lowest BCUT2D eigenvalue weighted by molar-refractivity contribution is 0.170. The zero-order valence-corrected chi connectivity index (χ0v) is 13.7. The monoisotopic (exact) mass is 322 g/mol. The molecule has 1 aliphatic rings. The first-order valence-corrected chi connectivity index (χ1v) is 8.58. The summed E-state index contributed by atoms with van der Waals surface area (Å²) < 4.78 is 0. The summed E-state index contributed by atoms with van der Waals surface area (Å²) >= 11 is 0. The SMILES string of the molecule is c1cncc(C(CNc2ncnc3cc[nH]c23)N2CCCCC2)c1. The van der Waals surface area contributed by atoms with Gasteiger partial charge in [-0.2, -0.15) is 0 Å². The molecule has 0 spiro atoms. The molecule has 0 radical (unpaired) electrons. The van der Waals surface area contributed by atoms with E-state index in [1.54, 1.807) is 6.33 Å². The number of likely N-dealkylation sites (tertiary alicyclic amines) is 1. The number of nitrogens with one attached hydrogen (secondary N) is 2.